The number of aryl methyl sites for hydroxylation is 1. The Kier molecular flexibility index (Phi) is 3.84. The maximum Gasteiger partial charge on any atom is 0.0776 e. The van der Waals surface area contributed by atoms with Gasteiger partial charge in [0.25, 0.3) is 0 Å². The molecule has 0 aliphatic heterocycles. The molecule has 0 bridgehead atoms. The molecule has 5 aromatic rings. The predicted octanol–water partition coefficient (Wildman–Crippen LogP) is 6.80. The summed E-state index contributed by atoms with van der Waals surface area (Å²) in [5.41, 5.74) is 8.03. The van der Waals surface area contributed by atoms with Gasteiger partial charge in [0.15, 0.2) is 0 Å². The number of para-hydroxylation sites is 2. The highest BCUT2D eigenvalue weighted by Gasteiger charge is 2.17. The molecule has 2 heteroatoms. The Morgan fingerprint density at radius 1 is 0.821 bits per heavy atom. The molecule has 5 rings (SSSR count). The van der Waals surface area contributed by atoms with Gasteiger partial charge in [0.2, 0.25) is 0 Å². The highest BCUT2D eigenvalue weighted by Crippen LogP contribution is 2.38. The molecule has 3 aromatic carbocycles. The molecule has 2 nitrogen and oxygen atoms in total. The number of nitrogens with zero attached hydrogens (tertiary/aromatic N) is 2. The van der Waals surface area contributed by atoms with Crippen molar-refractivity contribution in [2.45, 2.75) is 6.92 Å². The summed E-state index contributed by atoms with van der Waals surface area (Å²) in [6.07, 6.45) is 3.72. The minimum Gasteiger partial charge on any atom is -0.309 e. The van der Waals surface area contributed by atoms with Crippen LogP contribution in [0.15, 0.2) is 91.6 Å². The standard InChI is InChI=1S/C26H20N2/c1-3-19-10-9-17-27-26(19)21-15-16-24-25(18(21)2)22-13-7-8-14-23(22)28(24)20-11-5-4-6-12-20/h3-17H,1H2,2H3. The molecular formula is C26H20N2. The van der Waals surface area contributed by atoms with Gasteiger partial charge in [0.1, 0.15) is 0 Å². The molecule has 0 aliphatic rings. The summed E-state index contributed by atoms with van der Waals surface area (Å²) in [6.45, 7) is 6.15. The minimum atomic E-state index is 0.980. The van der Waals surface area contributed by atoms with Crippen LogP contribution in [0.3, 0.4) is 0 Å². The smallest absolute Gasteiger partial charge is 0.0776 e. The molecule has 0 saturated heterocycles. The normalized spacial score (nSPS) is 11.2. The second-order valence-electron chi connectivity index (χ2n) is 6.97. The lowest BCUT2D eigenvalue weighted by Crippen LogP contribution is -1.94. The van der Waals surface area contributed by atoms with Crippen molar-refractivity contribution in [3.8, 4) is 16.9 Å². The van der Waals surface area contributed by atoms with E-state index in [0.29, 0.717) is 0 Å². The molecule has 0 spiro atoms. The molecule has 0 radical (unpaired) electrons. The third-order valence-electron chi connectivity index (χ3n) is 5.43. The summed E-state index contributed by atoms with van der Waals surface area (Å²) < 4.78 is 2.34. The van der Waals surface area contributed by atoms with Crippen LogP contribution in [0.1, 0.15) is 11.1 Å². The van der Waals surface area contributed by atoms with E-state index in [9.17, 15) is 0 Å². The Morgan fingerprint density at radius 2 is 1.61 bits per heavy atom. The first-order chi connectivity index (χ1) is 13.8. The molecule has 0 saturated carbocycles. The largest absolute Gasteiger partial charge is 0.309 e. The summed E-state index contributed by atoms with van der Waals surface area (Å²) in [7, 11) is 0. The number of aromatic nitrogens is 2. The molecule has 28 heavy (non-hydrogen) atoms. The van der Waals surface area contributed by atoms with Crippen molar-refractivity contribution in [3.05, 3.63) is 103 Å². The SMILES string of the molecule is C=Cc1cccnc1-c1ccc2c(c1C)c1ccccc1n2-c1ccccc1. The maximum absolute atomic E-state index is 4.65. The Hall–Kier alpha value is -3.65. The van der Waals surface area contributed by atoms with Crippen LogP contribution in [0.4, 0.5) is 0 Å². The van der Waals surface area contributed by atoms with Gasteiger partial charge in [-0.3, -0.25) is 4.98 Å². The van der Waals surface area contributed by atoms with Crippen molar-refractivity contribution in [3.63, 3.8) is 0 Å². The van der Waals surface area contributed by atoms with Crippen LogP contribution in [0.25, 0.3) is 44.8 Å². The summed E-state index contributed by atoms with van der Waals surface area (Å²) in [4.78, 5) is 4.65. The molecule has 0 amide bonds. The van der Waals surface area contributed by atoms with E-state index in [1.807, 2.05) is 18.3 Å². The van der Waals surface area contributed by atoms with E-state index >= 15 is 0 Å². The van der Waals surface area contributed by atoms with Crippen LogP contribution in [-0.2, 0) is 0 Å². The molecule has 0 fully saturated rings. The van der Waals surface area contributed by atoms with Crippen LogP contribution < -0.4 is 0 Å². The minimum absolute atomic E-state index is 0.980. The van der Waals surface area contributed by atoms with Crippen LogP contribution in [0.5, 0.6) is 0 Å². The van der Waals surface area contributed by atoms with Crippen molar-refractivity contribution < 1.29 is 0 Å². The van der Waals surface area contributed by atoms with Gasteiger partial charge in [-0.05, 0) is 42.8 Å². The van der Waals surface area contributed by atoms with E-state index in [-0.39, 0.29) is 0 Å². The van der Waals surface area contributed by atoms with Crippen molar-refractivity contribution in [2.75, 3.05) is 0 Å². The summed E-state index contributed by atoms with van der Waals surface area (Å²) >= 11 is 0. The van der Waals surface area contributed by atoms with E-state index in [1.54, 1.807) is 0 Å². The molecule has 0 N–H and O–H groups in total. The highest BCUT2D eigenvalue weighted by molar-refractivity contribution is 6.12. The second kappa shape index (κ2) is 6.50. The Balaban J connectivity index is 1.90. The first kappa shape index (κ1) is 16.5. The van der Waals surface area contributed by atoms with E-state index in [1.165, 1.54) is 33.1 Å². The first-order valence-corrected chi connectivity index (χ1v) is 9.45. The zero-order valence-electron chi connectivity index (χ0n) is 15.8. The summed E-state index contributed by atoms with van der Waals surface area (Å²) in [5, 5.41) is 2.54. The van der Waals surface area contributed by atoms with Crippen LogP contribution in [0, 0.1) is 6.92 Å². The third-order valence-corrected chi connectivity index (χ3v) is 5.43. The van der Waals surface area contributed by atoms with Gasteiger partial charge in [-0.25, -0.2) is 0 Å². The van der Waals surface area contributed by atoms with Gasteiger partial charge in [-0.1, -0.05) is 61.2 Å². The van der Waals surface area contributed by atoms with Crippen LogP contribution >= 0.6 is 0 Å². The maximum atomic E-state index is 4.65. The molecule has 2 aromatic heterocycles. The second-order valence-corrected chi connectivity index (χ2v) is 6.97. The van der Waals surface area contributed by atoms with E-state index in [2.05, 4.69) is 95.9 Å². The zero-order chi connectivity index (χ0) is 19.1. The molecule has 134 valence electrons. The fourth-order valence-electron chi connectivity index (χ4n) is 4.15. The molecule has 2 heterocycles. The number of rotatable bonds is 3. The van der Waals surface area contributed by atoms with Gasteiger partial charge >= 0.3 is 0 Å². The van der Waals surface area contributed by atoms with Gasteiger partial charge in [0, 0.05) is 33.8 Å². The zero-order valence-corrected chi connectivity index (χ0v) is 15.8. The lowest BCUT2D eigenvalue weighted by atomic mass is 9.97. The van der Waals surface area contributed by atoms with Crippen LogP contribution in [0.2, 0.25) is 0 Å². The number of hydrogen-bond acceptors (Lipinski definition) is 1. The van der Waals surface area contributed by atoms with Gasteiger partial charge in [-0.2, -0.15) is 0 Å². The van der Waals surface area contributed by atoms with Crippen molar-refractivity contribution in [1.29, 1.82) is 0 Å². The first-order valence-electron chi connectivity index (χ1n) is 9.45. The lowest BCUT2D eigenvalue weighted by Gasteiger charge is -2.11. The van der Waals surface area contributed by atoms with E-state index in [0.717, 1.165) is 16.8 Å². The quantitative estimate of drug-likeness (QED) is 0.346. The molecular weight excluding hydrogens is 340 g/mol. The van der Waals surface area contributed by atoms with E-state index < -0.39 is 0 Å². The average molecular weight is 360 g/mol. The Labute approximate surface area is 164 Å². The van der Waals surface area contributed by atoms with Crippen molar-refractivity contribution in [2.24, 2.45) is 0 Å². The fraction of sp³-hybridized carbons (Fsp3) is 0.0385. The average Bonchev–Trinajstić information content (AvgIpc) is 3.10. The lowest BCUT2D eigenvalue weighted by molar-refractivity contribution is 1.18. The molecule has 0 atom stereocenters. The number of pyridine rings is 1. The number of hydrogen-bond donors (Lipinski definition) is 0. The predicted molar refractivity (Wildman–Crippen MR) is 119 cm³/mol. The Bertz CT molecular complexity index is 1330. The van der Waals surface area contributed by atoms with E-state index in [4.69, 9.17) is 0 Å². The fourth-order valence-corrected chi connectivity index (χ4v) is 4.15. The van der Waals surface area contributed by atoms with Crippen molar-refractivity contribution >= 4 is 27.9 Å². The molecule has 0 unspecified atom stereocenters. The number of fused-ring (bicyclic) bond motifs is 3. The molecule has 0 aliphatic carbocycles. The van der Waals surface area contributed by atoms with Gasteiger partial charge in [-0.15, -0.1) is 0 Å². The monoisotopic (exact) mass is 360 g/mol. The van der Waals surface area contributed by atoms with Crippen LogP contribution in [-0.4, -0.2) is 9.55 Å². The van der Waals surface area contributed by atoms with Crippen molar-refractivity contribution in [1.82, 2.24) is 9.55 Å². The van der Waals surface area contributed by atoms with Gasteiger partial charge in [0.05, 0.1) is 16.7 Å². The highest BCUT2D eigenvalue weighted by atomic mass is 15.0. The third kappa shape index (κ3) is 2.39. The van der Waals surface area contributed by atoms with Gasteiger partial charge < -0.3 is 4.57 Å². The topological polar surface area (TPSA) is 17.8 Å². The summed E-state index contributed by atoms with van der Waals surface area (Å²) in [6, 6.07) is 27.6. The number of benzene rings is 3. The Morgan fingerprint density at radius 3 is 2.43 bits per heavy atom. The summed E-state index contributed by atoms with van der Waals surface area (Å²) in [5.74, 6) is 0.